The SMILES string of the molecule is [CH2]c1ccccc1CN(CC(=O)Nc1ccc2c(c1)CC1(C2)C(=O)Nc2ncccc21)C(=O)C1(C)CCC(F)(F)CC1. The van der Waals surface area contributed by atoms with Crippen LogP contribution < -0.4 is 10.6 Å². The molecule has 2 N–H and O–H groups in total. The fourth-order valence-electron chi connectivity index (χ4n) is 6.60. The Kier molecular flexibility index (Phi) is 6.86. The fraction of sp³-hybridized carbons (Fsp3) is 0.364. The molecule has 2 aromatic carbocycles. The van der Waals surface area contributed by atoms with Gasteiger partial charge >= 0.3 is 0 Å². The maximum Gasteiger partial charge on any atom is 0.248 e. The van der Waals surface area contributed by atoms with E-state index in [0.717, 1.165) is 27.8 Å². The van der Waals surface area contributed by atoms with Crippen LogP contribution in [0, 0.1) is 12.3 Å². The zero-order valence-corrected chi connectivity index (χ0v) is 23.5. The molecule has 42 heavy (non-hydrogen) atoms. The van der Waals surface area contributed by atoms with Crippen molar-refractivity contribution in [3.8, 4) is 0 Å². The van der Waals surface area contributed by atoms with E-state index in [1.165, 1.54) is 4.90 Å². The maximum atomic E-state index is 13.9. The molecule has 3 amide bonds. The second-order valence-corrected chi connectivity index (χ2v) is 12.2. The van der Waals surface area contributed by atoms with E-state index < -0.39 is 22.7 Å². The molecule has 1 aliphatic heterocycles. The summed E-state index contributed by atoms with van der Waals surface area (Å²) in [5.41, 5.74) is 3.27. The number of benzene rings is 2. The molecule has 1 radical (unpaired) electrons. The van der Waals surface area contributed by atoms with Crippen LogP contribution in [0.15, 0.2) is 60.8 Å². The number of amides is 3. The zero-order valence-electron chi connectivity index (χ0n) is 23.5. The van der Waals surface area contributed by atoms with Gasteiger partial charge in [0.15, 0.2) is 0 Å². The van der Waals surface area contributed by atoms with E-state index in [9.17, 15) is 23.2 Å². The molecule has 2 aliphatic carbocycles. The van der Waals surface area contributed by atoms with Gasteiger partial charge in [0.1, 0.15) is 12.4 Å². The van der Waals surface area contributed by atoms with Crippen LogP contribution in [-0.4, -0.2) is 40.1 Å². The van der Waals surface area contributed by atoms with E-state index in [0.29, 0.717) is 24.3 Å². The summed E-state index contributed by atoms with van der Waals surface area (Å²) in [6.45, 7) is 5.67. The molecule has 217 valence electrons. The van der Waals surface area contributed by atoms with Crippen LogP contribution in [0.4, 0.5) is 20.3 Å². The number of hydrogen-bond donors (Lipinski definition) is 2. The smallest absolute Gasteiger partial charge is 0.248 e. The Morgan fingerprint density at radius 3 is 2.52 bits per heavy atom. The van der Waals surface area contributed by atoms with E-state index >= 15 is 0 Å². The minimum absolute atomic E-state index is 0.0573. The summed E-state index contributed by atoms with van der Waals surface area (Å²) >= 11 is 0. The number of aromatic nitrogens is 1. The van der Waals surface area contributed by atoms with Crippen LogP contribution in [0.1, 0.15) is 60.4 Å². The lowest BCUT2D eigenvalue weighted by Crippen LogP contribution is -2.48. The molecule has 2 heterocycles. The molecular weight excluding hydrogens is 538 g/mol. The summed E-state index contributed by atoms with van der Waals surface area (Å²) < 4.78 is 27.9. The average molecular weight is 572 g/mol. The first-order valence-electron chi connectivity index (χ1n) is 14.2. The molecule has 6 rings (SSSR count). The Labute approximate surface area is 243 Å². The van der Waals surface area contributed by atoms with E-state index in [4.69, 9.17) is 0 Å². The van der Waals surface area contributed by atoms with Crippen molar-refractivity contribution in [1.82, 2.24) is 9.88 Å². The molecular formula is C33H33F2N4O3. The summed E-state index contributed by atoms with van der Waals surface area (Å²) in [5, 5.41) is 5.81. The average Bonchev–Trinajstić information content (AvgIpc) is 3.47. The molecule has 1 aromatic heterocycles. The van der Waals surface area contributed by atoms with Crippen molar-refractivity contribution in [1.29, 1.82) is 0 Å². The van der Waals surface area contributed by atoms with Crippen LogP contribution in [0.25, 0.3) is 0 Å². The Hall–Kier alpha value is -4.14. The Morgan fingerprint density at radius 2 is 1.76 bits per heavy atom. The highest BCUT2D eigenvalue weighted by Crippen LogP contribution is 2.47. The standard InChI is InChI=1S/C33H33F2N4O3/c1-21-6-3-4-7-23(21)19-39(30(42)31(2)11-13-33(34,35)14-12-31)20-27(40)37-25-10-9-22-17-32(18-24(22)16-25)26-8-5-15-36-28(26)38-29(32)41/h3-10,15-16H,1,11-14,17-20H2,2H3,(H,37,40)(H,36,38,41). The van der Waals surface area contributed by atoms with Gasteiger partial charge in [-0.2, -0.15) is 0 Å². The first kappa shape index (κ1) is 28.0. The number of nitrogens with zero attached hydrogens (tertiary/aromatic N) is 2. The molecule has 3 aliphatic rings. The predicted molar refractivity (Wildman–Crippen MR) is 155 cm³/mol. The van der Waals surface area contributed by atoms with Crippen LogP contribution >= 0.6 is 0 Å². The minimum Gasteiger partial charge on any atom is -0.329 e. The lowest BCUT2D eigenvalue weighted by Gasteiger charge is -2.39. The molecule has 7 nitrogen and oxygen atoms in total. The molecule has 1 spiro atoms. The van der Waals surface area contributed by atoms with Gasteiger partial charge in [-0.25, -0.2) is 13.8 Å². The Morgan fingerprint density at radius 1 is 1.02 bits per heavy atom. The van der Waals surface area contributed by atoms with Gasteiger partial charge in [0, 0.05) is 42.2 Å². The van der Waals surface area contributed by atoms with Gasteiger partial charge in [-0.05, 0) is 73.1 Å². The monoisotopic (exact) mass is 571 g/mol. The number of pyridine rings is 1. The Balaban J connectivity index is 1.19. The van der Waals surface area contributed by atoms with Gasteiger partial charge in [-0.15, -0.1) is 0 Å². The van der Waals surface area contributed by atoms with Crippen molar-refractivity contribution >= 4 is 29.2 Å². The number of carbonyl (C=O) groups is 3. The third-order valence-corrected chi connectivity index (χ3v) is 9.17. The van der Waals surface area contributed by atoms with Gasteiger partial charge in [-0.3, -0.25) is 14.4 Å². The van der Waals surface area contributed by atoms with Crippen molar-refractivity contribution in [3.63, 3.8) is 0 Å². The van der Waals surface area contributed by atoms with Crippen molar-refractivity contribution < 1.29 is 23.2 Å². The predicted octanol–water partition coefficient (Wildman–Crippen LogP) is 5.44. The zero-order chi connectivity index (χ0) is 29.7. The van der Waals surface area contributed by atoms with E-state index in [1.807, 2.05) is 48.5 Å². The molecule has 1 saturated carbocycles. The van der Waals surface area contributed by atoms with Crippen LogP contribution in [0.3, 0.4) is 0 Å². The van der Waals surface area contributed by atoms with Crippen LogP contribution in [0.2, 0.25) is 0 Å². The van der Waals surface area contributed by atoms with Gasteiger partial charge in [-0.1, -0.05) is 43.3 Å². The van der Waals surface area contributed by atoms with Crippen molar-refractivity contribution in [2.45, 2.75) is 63.3 Å². The van der Waals surface area contributed by atoms with Gasteiger partial charge < -0.3 is 15.5 Å². The van der Waals surface area contributed by atoms with E-state index in [2.05, 4.69) is 22.5 Å². The quantitative estimate of drug-likeness (QED) is 0.413. The highest BCUT2D eigenvalue weighted by Gasteiger charge is 2.51. The fourth-order valence-corrected chi connectivity index (χ4v) is 6.60. The number of fused-ring (bicyclic) bond motifs is 3. The number of alkyl halides is 2. The minimum atomic E-state index is -2.77. The number of anilines is 2. The second kappa shape index (κ2) is 10.3. The molecule has 3 aromatic rings. The lowest BCUT2D eigenvalue weighted by molar-refractivity contribution is -0.150. The van der Waals surface area contributed by atoms with Gasteiger partial charge in [0.25, 0.3) is 0 Å². The molecule has 1 unspecified atom stereocenters. The van der Waals surface area contributed by atoms with Crippen LogP contribution in [-0.2, 0) is 39.2 Å². The van der Waals surface area contributed by atoms with Crippen molar-refractivity contribution in [3.05, 3.63) is 95.5 Å². The van der Waals surface area contributed by atoms with E-state index in [1.54, 1.807) is 19.2 Å². The van der Waals surface area contributed by atoms with Gasteiger partial charge in [0.05, 0.1) is 5.41 Å². The number of carbonyl (C=O) groups excluding carboxylic acids is 3. The Bertz CT molecular complexity index is 1580. The molecule has 0 saturated heterocycles. The lowest BCUT2D eigenvalue weighted by atomic mass is 9.73. The molecule has 1 atom stereocenters. The molecule has 1 fully saturated rings. The number of nitrogens with one attached hydrogen (secondary N) is 2. The third kappa shape index (κ3) is 5.05. The number of halogens is 2. The van der Waals surface area contributed by atoms with E-state index in [-0.39, 0.29) is 50.6 Å². The first-order valence-corrected chi connectivity index (χ1v) is 14.2. The van der Waals surface area contributed by atoms with Crippen molar-refractivity contribution in [2.75, 3.05) is 17.2 Å². The highest BCUT2D eigenvalue weighted by atomic mass is 19.3. The van der Waals surface area contributed by atoms with Crippen molar-refractivity contribution in [2.24, 2.45) is 5.41 Å². The topological polar surface area (TPSA) is 91.4 Å². The summed E-state index contributed by atoms with van der Waals surface area (Å²) in [7, 11) is 0. The largest absolute Gasteiger partial charge is 0.329 e. The van der Waals surface area contributed by atoms with Crippen LogP contribution in [0.5, 0.6) is 0 Å². The maximum absolute atomic E-state index is 13.9. The molecule has 9 heteroatoms. The highest BCUT2D eigenvalue weighted by molar-refractivity contribution is 6.06. The van der Waals surface area contributed by atoms with Gasteiger partial charge in [0.2, 0.25) is 23.6 Å². The molecule has 0 bridgehead atoms. The summed E-state index contributed by atoms with van der Waals surface area (Å²) in [6.07, 6.45) is 2.10. The summed E-state index contributed by atoms with van der Waals surface area (Å²) in [4.78, 5) is 45.9. The summed E-state index contributed by atoms with van der Waals surface area (Å²) in [5.74, 6) is -2.96. The second-order valence-electron chi connectivity index (χ2n) is 12.2. The number of hydrogen-bond acceptors (Lipinski definition) is 4. The summed E-state index contributed by atoms with van der Waals surface area (Å²) in [6, 6.07) is 16.7. The first-order chi connectivity index (χ1) is 20.0. The normalized spacial score (nSPS) is 21.4. The number of rotatable bonds is 6. The third-order valence-electron chi connectivity index (χ3n) is 9.17.